The number of carboxylic acids is 1. The summed E-state index contributed by atoms with van der Waals surface area (Å²) in [6, 6.07) is 0. The number of rotatable bonds is 12. The van der Waals surface area contributed by atoms with Gasteiger partial charge in [0.1, 0.15) is 0 Å². The molecule has 1 N–H and O–H groups in total. The van der Waals surface area contributed by atoms with E-state index in [4.69, 9.17) is 5.11 Å². The molecule has 0 saturated carbocycles. The van der Waals surface area contributed by atoms with Crippen molar-refractivity contribution in [3.05, 3.63) is 0 Å². The van der Waals surface area contributed by atoms with Crippen LogP contribution in [0.15, 0.2) is 0 Å². The topological polar surface area (TPSA) is 37.3 Å². The van der Waals surface area contributed by atoms with Gasteiger partial charge in [0.15, 0.2) is 0 Å². The van der Waals surface area contributed by atoms with Gasteiger partial charge in [-0.25, -0.2) is 0 Å². The molecule has 0 fully saturated rings. The molecule has 108 valence electrons. The molecule has 0 spiro atoms. The quantitative estimate of drug-likeness (QED) is 0.483. The van der Waals surface area contributed by atoms with Gasteiger partial charge in [0, 0.05) is 0 Å². The SMILES string of the molecule is CCCC(C)CCCCCCC(CCC)C(=O)O. The normalized spacial score (nSPS) is 14.4. The van der Waals surface area contributed by atoms with Crippen molar-refractivity contribution in [2.75, 3.05) is 0 Å². The molecule has 0 aliphatic rings. The highest BCUT2D eigenvalue weighted by atomic mass is 16.4. The summed E-state index contributed by atoms with van der Waals surface area (Å²) < 4.78 is 0. The van der Waals surface area contributed by atoms with Crippen LogP contribution in [0.2, 0.25) is 0 Å². The molecule has 0 aromatic heterocycles. The second kappa shape index (κ2) is 11.6. The van der Waals surface area contributed by atoms with Crippen LogP contribution in [0.25, 0.3) is 0 Å². The van der Waals surface area contributed by atoms with E-state index in [0.717, 1.165) is 31.6 Å². The molecule has 0 heterocycles. The van der Waals surface area contributed by atoms with Crippen molar-refractivity contribution in [3.8, 4) is 0 Å². The van der Waals surface area contributed by atoms with E-state index in [1.807, 2.05) is 0 Å². The molecular formula is C16H32O2. The van der Waals surface area contributed by atoms with E-state index in [1.165, 1.54) is 38.5 Å². The maximum Gasteiger partial charge on any atom is 0.306 e. The van der Waals surface area contributed by atoms with Gasteiger partial charge in [0.2, 0.25) is 0 Å². The minimum Gasteiger partial charge on any atom is -0.481 e. The van der Waals surface area contributed by atoms with Crippen LogP contribution in [0.1, 0.15) is 85.0 Å². The number of hydrogen-bond acceptors (Lipinski definition) is 1. The monoisotopic (exact) mass is 256 g/mol. The predicted octanol–water partition coefficient (Wildman–Crippen LogP) is 5.26. The number of aliphatic carboxylic acids is 1. The molecule has 0 amide bonds. The van der Waals surface area contributed by atoms with Gasteiger partial charge in [-0.15, -0.1) is 0 Å². The lowest BCUT2D eigenvalue weighted by atomic mass is 9.95. The first-order chi connectivity index (χ1) is 8.61. The highest BCUT2D eigenvalue weighted by molar-refractivity contribution is 5.69. The Bertz CT molecular complexity index is 201. The van der Waals surface area contributed by atoms with Crippen LogP contribution in [-0.4, -0.2) is 11.1 Å². The van der Waals surface area contributed by atoms with Gasteiger partial charge in [0.25, 0.3) is 0 Å². The molecule has 2 atom stereocenters. The lowest BCUT2D eigenvalue weighted by molar-refractivity contribution is -0.142. The Labute approximate surface area is 113 Å². The number of unbranched alkanes of at least 4 members (excludes halogenated alkanes) is 3. The molecule has 0 aliphatic heterocycles. The molecule has 2 heteroatoms. The zero-order valence-electron chi connectivity index (χ0n) is 12.6. The third-order valence-corrected chi connectivity index (χ3v) is 3.77. The smallest absolute Gasteiger partial charge is 0.306 e. The van der Waals surface area contributed by atoms with E-state index >= 15 is 0 Å². The Balaban J connectivity index is 3.46. The first-order valence-electron chi connectivity index (χ1n) is 7.84. The van der Waals surface area contributed by atoms with E-state index in [1.54, 1.807) is 0 Å². The zero-order chi connectivity index (χ0) is 13.8. The average Bonchev–Trinajstić information content (AvgIpc) is 2.32. The van der Waals surface area contributed by atoms with Crippen molar-refractivity contribution in [1.82, 2.24) is 0 Å². The van der Waals surface area contributed by atoms with E-state index in [2.05, 4.69) is 20.8 Å². The molecular weight excluding hydrogens is 224 g/mol. The third kappa shape index (κ3) is 9.49. The first kappa shape index (κ1) is 17.5. The minimum absolute atomic E-state index is 0.103. The molecule has 0 radical (unpaired) electrons. The summed E-state index contributed by atoms with van der Waals surface area (Å²) in [5.41, 5.74) is 0. The molecule has 0 bridgehead atoms. The van der Waals surface area contributed by atoms with Crippen LogP contribution in [-0.2, 0) is 4.79 Å². The van der Waals surface area contributed by atoms with Crippen LogP contribution in [0.4, 0.5) is 0 Å². The van der Waals surface area contributed by atoms with Crippen LogP contribution in [0, 0.1) is 11.8 Å². The average molecular weight is 256 g/mol. The van der Waals surface area contributed by atoms with Gasteiger partial charge in [0.05, 0.1) is 5.92 Å². The highest BCUT2D eigenvalue weighted by Gasteiger charge is 2.15. The predicted molar refractivity (Wildman–Crippen MR) is 77.8 cm³/mol. The first-order valence-corrected chi connectivity index (χ1v) is 7.84. The van der Waals surface area contributed by atoms with Gasteiger partial charge < -0.3 is 5.11 Å². The molecule has 0 saturated heterocycles. The Kier molecular flexibility index (Phi) is 11.2. The Morgan fingerprint density at radius 1 is 0.889 bits per heavy atom. The molecule has 18 heavy (non-hydrogen) atoms. The Morgan fingerprint density at radius 2 is 1.44 bits per heavy atom. The fraction of sp³-hybridized carbons (Fsp3) is 0.938. The zero-order valence-corrected chi connectivity index (χ0v) is 12.6. The lowest BCUT2D eigenvalue weighted by Gasteiger charge is -2.11. The maximum atomic E-state index is 11.0. The Morgan fingerprint density at radius 3 is 1.94 bits per heavy atom. The van der Waals surface area contributed by atoms with Crippen LogP contribution < -0.4 is 0 Å². The van der Waals surface area contributed by atoms with E-state index in [0.29, 0.717) is 0 Å². The van der Waals surface area contributed by atoms with E-state index in [9.17, 15) is 4.79 Å². The molecule has 2 nitrogen and oxygen atoms in total. The summed E-state index contributed by atoms with van der Waals surface area (Å²) in [5, 5.41) is 9.04. The van der Waals surface area contributed by atoms with Crippen LogP contribution in [0.5, 0.6) is 0 Å². The molecule has 2 unspecified atom stereocenters. The number of carbonyl (C=O) groups is 1. The van der Waals surface area contributed by atoms with Gasteiger partial charge in [-0.05, 0) is 18.8 Å². The summed E-state index contributed by atoms with van der Waals surface area (Å²) in [6.07, 6.45) is 11.5. The van der Waals surface area contributed by atoms with Crippen molar-refractivity contribution in [3.63, 3.8) is 0 Å². The largest absolute Gasteiger partial charge is 0.481 e. The van der Waals surface area contributed by atoms with Crippen molar-refractivity contribution >= 4 is 5.97 Å². The maximum absolute atomic E-state index is 11.0. The summed E-state index contributed by atoms with van der Waals surface area (Å²) in [7, 11) is 0. The fourth-order valence-corrected chi connectivity index (χ4v) is 2.61. The van der Waals surface area contributed by atoms with Crippen LogP contribution >= 0.6 is 0 Å². The molecule has 0 aliphatic carbocycles. The second-order valence-corrected chi connectivity index (χ2v) is 5.71. The molecule has 0 aromatic carbocycles. The van der Waals surface area contributed by atoms with Gasteiger partial charge in [-0.1, -0.05) is 72.1 Å². The number of hydrogen-bond donors (Lipinski definition) is 1. The minimum atomic E-state index is -0.603. The summed E-state index contributed by atoms with van der Waals surface area (Å²) in [5.74, 6) is 0.157. The summed E-state index contributed by atoms with van der Waals surface area (Å²) in [6.45, 7) is 6.65. The van der Waals surface area contributed by atoms with Gasteiger partial charge in [-0.3, -0.25) is 4.79 Å². The highest BCUT2D eigenvalue weighted by Crippen LogP contribution is 2.18. The molecule has 0 rings (SSSR count). The van der Waals surface area contributed by atoms with Crippen molar-refractivity contribution in [2.45, 2.75) is 85.0 Å². The van der Waals surface area contributed by atoms with Crippen molar-refractivity contribution in [2.24, 2.45) is 11.8 Å². The molecule has 0 aromatic rings. The van der Waals surface area contributed by atoms with Crippen LogP contribution in [0.3, 0.4) is 0 Å². The van der Waals surface area contributed by atoms with Crippen molar-refractivity contribution < 1.29 is 9.90 Å². The fourth-order valence-electron chi connectivity index (χ4n) is 2.61. The standard InChI is InChI=1S/C16H32O2/c1-4-10-14(3)12-8-6-7-9-13-15(11-5-2)16(17)18/h14-15H,4-13H2,1-3H3,(H,17,18). The lowest BCUT2D eigenvalue weighted by Crippen LogP contribution is -2.13. The Hall–Kier alpha value is -0.530. The number of carboxylic acid groups (broad SMARTS) is 1. The summed E-state index contributed by atoms with van der Waals surface area (Å²) in [4.78, 5) is 11.0. The summed E-state index contributed by atoms with van der Waals surface area (Å²) >= 11 is 0. The second-order valence-electron chi connectivity index (χ2n) is 5.71. The van der Waals surface area contributed by atoms with Gasteiger partial charge in [-0.2, -0.15) is 0 Å². The van der Waals surface area contributed by atoms with E-state index < -0.39 is 5.97 Å². The van der Waals surface area contributed by atoms with Crippen molar-refractivity contribution in [1.29, 1.82) is 0 Å². The van der Waals surface area contributed by atoms with Gasteiger partial charge >= 0.3 is 5.97 Å². The third-order valence-electron chi connectivity index (χ3n) is 3.77. The van der Waals surface area contributed by atoms with E-state index in [-0.39, 0.29) is 5.92 Å².